The molecule has 0 unspecified atom stereocenters. The van der Waals surface area contributed by atoms with Crippen LogP contribution in [0, 0.1) is 0 Å². The van der Waals surface area contributed by atoms with Gasteiger partial charge in [-0.1, -0.05) is 35.3 Å². The summed E-state index contributed by atoms with van der Waals surface area (Å²) in [5.41, 5.74) is 2.32. The Balaban J connectivity index is 2.15. The van der Waals surface area contributed by atoms with Crippen LogP contribution >= 0.6 is 23.2 Å². The highest BCUT2D eigenvalue weighted by atomic mass is 35.5. The Morgan fingerprint density at radius 1 is 1.05 bits per heavy atom. The number of rotatable bonds is 2. The van der Waals surface area contributed by atoms with Crippen molar-refractivity contribution in [1.82, 2.24) is 14.9 Å². The van der Waals surface area contributed by atoms with Crippen LogP contribution in [0.5, 0.6) is 0 Å². The molecule has 0 aliphatic heterocycles. The van der Waals surface area contributed by atoms with E-state index in [-0.39, 0.29) is 5.91 Å². The highest BCUT2D eigenvalue weighted by Gasteiger charge is 2.16. The summed E-state index contributed by atoms with van der Waals surface area (Å²) >= 11 is 12.3. The molecule has 0 saturated carbocycles. The lowest BCUT2D eigenvalue weighted by Crippen LogP contribution is -2.32. The lowest BCUT2D eigenvalue weighted by molar-refractivity contribution is -0.117. The van der Waals surface area contributed by atoms with Crippen molar-refractivity contribution in [2.24, 2.45) is 0 Å². The molecule has 1 heterocycles. The van der Waals surface area contributed by atoms with Gasteiger partial charge in [0.15, 0.2) is 0 Å². The van der Waals surface area contributed by atoms with Gasteiger partial charge in [0.2, 0.25) is 5.91 Å². The molecule has 1 amide bonds. The number of anilines is 1. The second-order valence-electron chi connectivity index (χ2n) is 4.43. The monoisotopic (exact) mass is 320 g/mol. The minimum absolute atomic E-state index is 0.169. The van der Waals surface area contributed by atoms with Crippen molar-refractivity contribution in [3.63, 3.8) is 0 Å². The van der Waals surface area contributed by atoms with E-state index >= 15 is 0 Å². The van der Waals surface area contributed by atoms with Crippen LogP contribution in [0.25, 0.3) is 11.1 Å². The van der Waals surface area contributed by atoms with Crippen molar-refractivity contribution < 1.29 is 4.79 Å². The maximum Gasteiger partial charge on any atom is 0.243 e. The number of aromatic nitrogens is 3. The van der Waals surface area contributed by atoms with E-state index in [4.69, 9.17) is 23.2 Å². The molecule has 5 nitrogen and oxygen atoms in total. The summed E-state index contributed by atoms with van der Waals surface area (Å²) in [5.74, 6) is -0.169. The van der Waals surface area contributed by atoms with E-state index < -0.39 is 0 Å². The largest absolute Gasteiger partial charge is 0.273 e. The van der Waals surface area contributed by atoms with Gasteiger partial charge in [0.25, 0.3) is 0 Å². The van der Waals surface area contributed by atoms with Gasteiger partial charge in [0, 0.05) is 28.1 Å². The summed E-state index contributed by atoms with van der Waals surface area (Å²) in [7, 11) is 0. The van der Waals surface area contributed by atoms with Gasteiger partial charge >= 0.3 is 0 Å². The van der Waals surface area contributed by atoms with Crippen LogP contribution in [0.15, 0.2) is 43.0 Å². The van der Waals surface area contributed by atoms with Crippen LogP contribution in [-0.4, -0.2) is 20.8 Å². The summed E-state index contributed by atoms with van der Waals surface area (Å²) in [4.78, 5) is 11.9. The molecule has 0 saturated heterocycles. The zero-order chi connectivity index (χ0) is 15.0. The molecule has 0 radical (unpaired) electrons. The molecule has 0 atom stereocenters. The van der Waals surface area contributed by atoms with Crippen molar-refractivity contribution in [3.8, 4) is 11.1 Å². The third-order valence-corrected chi connectivity index (χ3v) is 3.71. The van der Waals surface area contributed by atoms with E-state index in [9.17, 15) is 4.79 Å². The zero-order valence-electron chi connectivity index (χ0n) is 11.0. The lowest BCUT2D eigenvalue weighted by Gasteiger charge is -2.19. The molecular formula is C14H10Cl2N4O. The van der Waals surface area contributed by atoms with Crippen LogP contribution in [-0.2, 0) is 4.79 Å². The smallest absolute Gasteiger partial charge is 0.243 e. The van der Waals surface area contributed by atoms with E-state index in [2.05, 4.69) is 10.2 Å². The maximum atomic E-state index is 11.9. The number of nitrogens with zero attached hydrogens (tertiary/aromatic N) is 4. The Bertz CT molecular complexity index is 736. The predicted molar refractivity (Wildman–Crippen MR) is 81.7 cm³/mol. The third kappa shape index (κ3) is 2.46. The van der Waals surface area contributed by atoms with Gasteiger partial charge in [0.05, 0.1) is 5.69 Å². The Morgan fingerprint density at radius 3 is 2.05 bits per heavy atom. The topological polar surface area (TPSA) is 51.0 Å². The molecule has 1 aromatic heterocycles. The predicted octanol–water partition coefficient (Wildman–Crippen LogP) is 3.51. The Labute approximate surface area is 131 Å². The standard InChI is InChI=1S/C14H10Cl2N4O/c1-9(21)20(19-7-17-18-8-19)10-2-4-11-12(5-3-10)14(16)6-13(11)15/h2-8H,1H3. The van der Waals surface area contributed by atoms with E-state index in [0.29, 0.717) is 15.7 Å². The maximum absolute atomic E-state index is 11.9. The fourth-order valence-electron chi connectivity index (χ4n) is 2.17. The van der Waals surface area contributed by atoms with Crippen LogP contribution < -0.4 is 5.01 Å². The highest BCUT2D eigenvalue weighted by Crippen LogP contribution is 2.39. The summed E-state index contributed by atoms with van der Waals surface area (Å²) in [5, 5.41) is 10.0. The van der Waals surface area contributed by atoms with E-state index in [0.717, 1.165) is 11.1 Å². The minimum Gasteiger partial charge on any atom is -0.273 e. The molecular weight excluding hydrogens is 311 g/mol. The molecule has 0 spiro atoms. The molecule has 0 fully saturated rings. The van der Waals surface area contributed by atoms with Gasteiger partial charge in [-0.2, -0.15) is 0 Å². The van der Waals surface area contributed by atoms with Gasteiger partial charge in [0.1, 0.15) is 12.7 Å². The third-order valence-electron chi connectivity index (χ3n) is 3.08. The second kappa shape index (κ2) is 5.35. The Kier molecular flexibility index (Phi) is 3.53. The van der Waals surface area contributed by atoms with Crippen molar-refractivity contribution in [3.05, 3.63) is 53.0 Å². The van der Waals surface area contributed by atoms with Crippen molar-refractivity contribution in [1.29, 1.82) is 0 Å². The summed E-state index contributed by atoms with van der Waals surface area (Å²) < 4.78 is 1.51. The van der Waals surface area contributed by atoms with E-state index in [1.54, 1.807) is 18.2 Å². The first-order valence-corrected chi connectivity index (χ1v) is 6.87. The fourth-order valence-corrected chi connectivity index (χ4v) is 2.78. The van der Waals surface area contributed by atoms with Crippen LogP contribution in [0.1, 0.15) is 6.92 Å². The summed E-state index contributed by atoms with van der Waals surface area (Å²) in [6, 6.07) is 8.96. The first kappa shape index (κ1) is 13.9. The molecule has 3 rings (SSSR count). The first-order chi connectivity index (χ1) is 10.1. The van der Waals surface area contributed by atoms with Crippen molar-refractivity contribution >= 4 is 34.8 Å². The Hall–Kier alpha value is -2.11. The van der Waals surface area contributed by atoms with E-state index in [1.807, 2.05) is 12.1 Å². The number of hydrogen-bond donors (Lipinski definition) is 0. The summed E-state index contributed by atoms with van der Waals surface area (Å²) in [6.45, 7) is 1.46. The highest BCUT2D eigenvalue weighted by molar-refractivity contribution is 6.40. The van der Waals surface area contributed by atoms with Crippen molar-refractivity contribution in [2.45, 2.75) is 6.92 Å². The SMILES string of the molecule is CC(=O)N(c1ccc2c(Cl)cc(Cl)c-2cc1)n1cnnc1. The molecule has 2 aliphatic carbocycles. The molecule has 106 valence electrons. The first-order valence-electron chi connectivity index (χ1n) is 6.11. The number of carbonyl (C=O) groups excluding carboxylic acids is 1. The zero-order valence-corrected chi connectivity index (χ0v) is 12.5. The molecule has 2 aliphatic rings. The van der Waals surface area contributed by atoms with Gasteiger partial charge in [-0.15, -0.1) is 10.2 Å². The minimum atomic E-state index is -0.169. The average Bonchev–Trinajstić information content (AvgIpc) is 2.95. The van der Waals surface area contributed by atoms with E-state index in [1.165, 1.54) is 29.3 Å². The molecule has 7 heteroatoms. The number of fused-ring (bicyclic) bond motifs is 1. The van der Waals surface area contributed by atoms with Crippen LogP contribution in [0.2, 0.25) is 10.0 Å². The quantitative estimate of drug-likeness (QED) is 0.726. The van der Waals surface area contributed by atoms with Crippen LogP contribution in [0.4, 0.5) is 5.69 Å². The molecule has 21 heavy (non-hydrogen) atoms. The van der Waals surface area contributed by atoms with Gasteiger partial charge in [-0.3, -0.25) is 4.79 Å². The second-order valence-corrected chi connectivity index (χ2v) is 5.25. The Morgan fingerprint density at radius 2 is 1.57 bits per heavy atom. The fraction of sp³-hybridized carbons (Fsp3) is 0.0714. The van der Waals surface area contributed by atoms with Gasteiger partial charge < -0.3 is 0 Å². The molecule has 0 N–H and O–H groups in total. The number of halogens is 2. The van der Waals surface area contributed by atoms with Crippen LogP contribution in [0.3, 0.4) is 0 Å². The lowest BCUT2D eigenvalue weighted by atomic mass is 10.2. The average molecular weight is 321 g/mol. The summed E-state index contributed by atoms with van der Waals surface area (Å²) in [6.07, 6.45) is 2.90. The number of carbonyl (C=O) groups is 1. The molecule has 1 aromatic rings. The van der Waals surface area contributed by atoms with Crippen molar-refractivity contribution in [2.75, 3.05) is 5.01 Å². The molecule has 0 bridgehead atoms. The van der Waals surface area contributed by atoms with Gasteiger partial charge in [-0.05, 0) is 18.2 Å². The number of hydrogen-bond acceptors (Lipinski definition) is 3. The molecule has 0 aromatic carbocycles. The van der Waals surface area contributed by atoms with Gasteiger partial charge in [-0.25, -0.2) is 9.69 Å². The normalized spacial score (nSPS) is 10.8. The number of amides is 1.